The molecule has 0 fully saturated rings. The van der Waals surface area contributed by atoms with Gasteiger partial charge in [-0.05, 0) is 17.5 Å². The molecule has 17 heavy (non-hydrogen) atoms. The van der Waals surface area contributed by atoms with Crippen molar-refractivity contribution < 1.29 is 0 Å². The molecule has 0 saturated heterocycles. The molecule has 0 unspecified atom stereocenters. The maximum atomic E-state index is 4.26. The number of hydrogen-bond donors (Lipinski definition) is 0. The van der Waals surface area contributed by atoms with Crippen LogP contribution >= 0.6 is 0 Å². The lowest BCUT2D eigenvalue weighted by Crippen LogP contribution is -1.90. The van der Waals surface area contributed by atoms with Crippen molar-refractivity contribution in [2.45, 2.75) is 47.5 Å². The van der Waals surface area contributed by atoms with Crippen molar-refractivity contribution in [3.05, 3.63) is 30.0 Å². The molecule has 0 amide bonds. The van der Waals surface area contributed by atoms with Crippen LogP contribution in [0.2, 0.25) is 0 Å². The van der Waals surface area contributed by atoms with Crippen LogP contribution in [0.3, 0.4) is 0 Å². The fourth-order valence-electron chi connectivity index (χ4n) is 1.70. The van der Waals surface area contributed by atoms with Gasteiger partial charge in [-0.3, -0.25) is 4.68 Å². The molecule has 0 aliphatic rings. The van der Waals surface area contributed by atoms with Gasteiger partial charge >= 0.3 is 0 Å². The second kappa shape index (κ2) is 7.88. The lowest BCUT2D eigenvalue weighted by atomic mass is 10.00. The smallest absolute Gasteiger partial charge is 0.0681 e. The molecule has 2 nitrogen and oxygen atoms in total. The molecule has 1 aromatic carbocycles. The third-order valence-corrected chi connectivity index (χ3v) is 2.45. The first-order valence-corrected chi connectivity index (χ1v) is 6.61. The summed E-state index contributed by atoms with van der Waals surface area (Å²) in [6, 6.07) is 6.38. The summed E-state index contributed by atoms with van der Waals surface area (Å²) in [5, 5.41) is 5.53. The second-order valence-electron chi connectivity index (χ2n) is 3.70. The van der Waals surface area contributed by atoms with E-state index in [1.54, 1.807) is 0 Å². The average Bonchev–Trinajstić information content (AvgIpc) is 2.76. The fourth-order valence-corrected chi connectivity index (χ4v) is 1.70. The Morgan fingerprint density at radius 3 is 2.18 bits per heavy atom. The first kappa shape index (κ1) is 15.7. The Kier molecular flexibility index (Phi) is 7.27. The third kappa shape index (κ3) is 3.58. The predicted octanol–water partition coefficient (Wildman–Crippen LogP) is 4.75. The molecule has 2 rings (SSSR count). The summed E-state index contributed by atoms with van der Waals surface area (Å²) in [6.07, 6.45) is 1.95. The molecular weight excluding hydrogens is 208 g/mol. The molecule has 0 aliphatic heterocycles. The molecule has 0 radical (unpaired) electrons. The van der Waals surface area contributed by atoms with E-state index < -0.39 is 0 Å². The van der Waals surface area contributed by atoms with Crippen molar-refractivity contribution >= 4 is 10.9 Å². The Hall–Kier alpha value is -1.31. The first-order chi connectivity index (χ1) is 8.20. The standard InChI is InChI=1S/C11H14N2.2C2H6/c1-8(2)9-5-4-6-11-10(9)7-12-13(11)3;2*1-2/h4-8H,1-3H3;2*1-2H3. The van der Waals surface area contributed by atoms with E-state index in [-0.39, 0.29) is 0 Å². The van der Waals surface area contributed by atoms with Crippen molar-refractivity contribution in [3.8, 4) is 0 Å². The molecular formula is C15H26N2. The van der Waals surface area contributed by atoms with Crippen molar-refractivity contribution in [3.63, 3.8) is 0 Å². The summed E-state index contributed by atoms with van der Waals surface area (Å²) in [6.45, 7) is 12.4. The molecule has 0 aliphatic carbocycles. The Balaban J connectivity index is 0.000000581. The van der Waals surface area contributed by atoms with Gasteiger partial charge < -0.3 is 0 Å². The van der Waals surface area contributed by atoms with Gasteiger partial charge in [-0.1, -0.05) is 53.7 Å². The molecule has 1 heterocycles. The fraction of sp³-hybridized carbons (Fsp3) is 0.533. The molecule has 1 aromatic heterocycles. The summed E-state index contributed by atoms with van der Waals surface area (Å²) in [7, 11) is 1.98. The zero-order valence-electron chi connectivity index (χ0n) is 12.3. The van der Waals surface area contributed by atoms with Gasteiger partial charge in [-0.2, -0.15) is 5.10 Å². The molecule has 2 aromatic rings. The highest BCUT2D eigenvalue weighted by atomic mass is 15.2. The van der Waals surface area contributed by atoms with Crippen molar-refractivity contribution in [1.29, 1.82) is 0 Å². The van der Waals surface area contributed by atoms with E-state index in [1.807, 2.05) is 45.6 Å². The summed E-state index contributed by atoms with van der Waals surface area (Å²) < 4.78 is 1.92. The number of aromatic nitrogens is 2. The van der Waals surface area contributed by atoms with Gasteiger partial charge in [0.2, 0.25) is 0 Å². The van der Waals surface area contributed by atoms with Crippen LogP contribution in [-0.2, 0) is 7.05 Å². The third-order valence-electron chi connectivity index (χ3n) is 2.45. The van der Waals surface area contributed by atoms with Gasteiger partial charge in [0, 0.05) is 12.4 Å². The zero-order chi connectivity index (χ0) is 13.4. The topological polar surface area (TPSA) is 17.8 Å². The Morgan fingerprint density at radius 2 is 1.65 bits per heavy atom. The molecule has 0 atom stereocenters. The summed E-state index contributed by atoms with van der Waals surface area (Å²) in [5.74, 6) is 0.563. The normalized spacial score (nSPS) is 9.41. The minimum Gasteiger partial charge on any atom is -0.268 e. The van der Waals surface area contributed by atoms with Crippen LogP contribution in [0.25, 0.3) is 10.9 Å². The van der Waals surface area contributed by atoms with Crippen molar-refractivity contribution in [2.75, 3.05) is 0 Å². The summed E-state index contributed by atoms with van der Waals surface area (Å²) in [4.78, 5) is 0. The minimum atomic E-state index is 0.563. The number of fused-ring (bicyclic) bond motifs is 1. The highest BCUT2D eigenvalue weighted by Crippen LogP contribution is 2.24. The molecule has 0 spiro atoms. The minimum absolute atomic E-state index is 0.563. The van der Waals surface area contributed by atoms with E-state index in [4.69, 9.17) is 0 Å². The highest BCUT2D eigenvalue weighted by Gasteiger charge is 2.06. The van der Waals surface area contributed by atoms with E-state index in [0.717, 1.165) is 0 Å². The zero-order valence-corrected chi connectivity index (χ0v) is 12.3. The quantitative estimate of drug-likeness (QED) is 0.696. The van der Waals surface area contributed by atoms with Crippen LogP contribution in [0.1, 0.15) is 53.0 Å². The van der Waals surface area contributed by atoms with Crippen LogP contribution in [0.15, 0.2) is 24.4 Å². The van der Waals surface area contributed by atoms with Gasteiger partial charge in [0.1, 0.15) is 0 Å². The van der Waals surface area contributed by atoms with Crippen molar-refractivity contribution in [1.82, 2.24) is 9.78 Å². The maximum absolute atomic E-state index is 4.26. The summed E-state index contributed by atoms with van der Waals surface area (Å²) >= 11 is 0. The van der Waals surface area contributed by atoms with E-state index in [2.05, 4.69) is 37.1 Å². The molecule has 0 bridgehead atoms. The SMILES string of the molecule is CC.CC.CC(C)c1cccc2c1cnn2C. The van der Waals surface area contributed by atoms with Crippen LogP contribution in [0, 0.1) is 0 Å². The Labute approximate surface area is 106 Å². The first-order valence-electron chi connectivity index (χ1n) is 6.61. The van der Waals surface area contributed by atoms with E-state index in [1.165, 1.54) is 16.5 Å². The van der Waals surface area contributed by atoms with Crippen LogP contribution < -0.4 is 0 Å². The second-order valence-corrected chi connectivity index (χ2v) is 3.70. The number of benzene rings is 1. The molecule has 0 saturated carbocycles. The van der Waals surface area contributed by atoms with Gasteiger partial charge in [-0.25, -0.2) is 0 Å². The van der Waals surface area contributed by atoms with Crippen molar-refractivity contribution in [2.24, 2.45) is 7.05 Å². The van der Waals surface area contributed by atoms with Crippen LogP contribution in [0.4, 0.5) is 0 Å². The summed E-state index contributed by atoms with van der Waals surface area (Å²) in [5.41, 5.74) is 2.59. The van der Waals surface area contributed by atoms with Crippen LogP contribution in [0.5, 0.6) is 0 Å². The molecule has 2 heteroatoms. The maximum Gasteiger partial charge on any atom is 0.0681 e. The van der Waals surface area contributed by atoms with Gasteiger partial charge in [0.25, 0.3) is 0 Å². The lowest BCUT2D eigenvalue weighted by Gasteiger charge is -2.06. The highest BCUT2D eigenvalue weighted by molar-refractivity contribution is 5.82. The largest absolute Gasteiger partial charge is 0.268 e. The molecule has 96 valence electrons. The van der Waals surface area contributed by atoms with Gasteiger partial charge in [0.05, 0.1) is 11.7 Å². The van der Waals surface area contributed by atoms with Crippen LogP contribution in [-0.4, -0.2) is 9.78 Å². The lowest BCUT2D eigenvalue weighted by molar-refractivity contribution is 0.797. The number of rotatable bonds is 1. The van der Waals surface area contributed by atoms with E-state index >= 15 is 0 Å². The van der Waals surface area contributed by atoms with Gasteiger partial charge in [-0.15, -0.1) is 0 Å². The van der Waals surface area contributed by atoms with Gasteiger partial charge in [0.15, 0.2) is 0 Å². The molecule has 0 N–H and O–H groups in total. The predicted molar refractivity (Wildman–Crippen MR) is 77.5 cm³/mol. The van der Waals surface area contributed by atoms with E-state index in [0.29, 0.717) is 5.92 Å². The number of nitrogens with zero attached hydrogens (tertiary/aromatic N) is 2. The average molecular weight is 234 g/mol. The Morgan fingerprint density at radius 1 is 1.06 bits per heavy atom. The monoisotopic (exact) mass is 234 g/mol. The van der Waals surface area contributed by atoms with E-state index in [9.17, 15) is 0 Å². The number of aryl methyl sites for hydroxylation is 1. The number of hydrogen-bond acceptors (Lipinski definition) is 1. The Bertz CT molecular complexity index is 427.